The van der Waals surface area contributed by atoms with E-state index in [-0.39, 0.29) is 17.5 Å². The maximum absolute atomic E-state index is 13.5. The summed E-state index contributed by atoms with van der Waals surface area (Å²) in [5, 5.41) is 0.577. The van der Waals surface area contributed by atoms with Crippen molar-refractivity contribution in [2.45, 2.75) is 12.5 Å². The standard InChI is InChI=1S/C22H21ClF3N3O2/c23-16-3-1-14(2-4-16)21(30)28-9-7-27(8-10-28)17-5-6-29(13-17)22(31)15-11-18(24)20(26)19(25)12-15/h1-4,11-12,17H,5-10,13H2/t17-/m0/s1. The van der Waals surface area contributed by atoms with Crippen molar-refractivity contribution in [3.8, 4) is 0 Å². The number of hydrogen-bond donors (Lipinski definition) is 0. The minimum Gasteiger partial charge on any atom is -0.337 e. The second-order valence-electron chi connectivity index (χ2n) is 7.78. The van der Waals surface area contributed by atoms with Gasteiger partial charge in [-0.15, -0.1) is 0 Å². The zero-order valence-electron chi connectivity index (χ0n) is 16.7. The van der Waals surface area contributed by atoms with Crippen LogP contribution >= 0.6 is 11.6 Å². The van der Waals surface area contributed by atoms with Crippen LogP contribution < -0.4 is 0 Å². The number of piperazine rings is 1. The number of rotatable bonds is 3. The van der Waals surface area contributed by atoms with Crippen molar-refractivity contribution in [3.63, 3.8) is 0 Å². The summed E-state index contributed by atoms with van der Waals surface area (Å²) in [7, 11) is 0. The molecule has 0 N–H and O–H groups in total. The summed E-state index contributed by atoms with van der Waals surface area (Å²) in [5.41, 5.74) is 0.393. The average molecular weight is 452 g/mol. The van der Waals surface area contributed by atoms with Crippen molar-refractivity contribution < 1.29 is 22.8 Å². The van der Waals surface area contributed by atoms with E-state index in [0.717, 1.165) is 18.6 Å². The maximum Gasteiger partial charge on any atom is 0.254 e. The number of benzene rings is 2. The summed E-state index contributed by atoms with van der Waals surface area (Å²) in [5.74, 6) is -4.89. The van der Waals surface area contributed by atoms with Gasteiger partial charge in [-0.1, -0.05) is 11.6 Å². The lowest BCUT2D eigenvalue weighted by Crippen LogP contribution is -2.52. The smallest absolute Gasteiger partial charge is 0.254 e. The molecule has 2 fully saturated rings. The molecule has 0 unspecified atom stereocenters. The second kappa shape index (κ2) is 8.88. The van der Waals surface area contributed by atoms with Gasteiger partial charge in [0.05, 0.1) is 0 Å². The predicted octanol–water partition coefficient (Wildman–Crippen LogP) is 3.43. The Labute approximate surface area is 183 Å². The van der Waals surface area contributed by atoms with Crippen LogP contribution in [0, 0.1) is 17.5 Å². The van der Waals surface area contributed by atoms with E-state index in [1.807, 2.05) is 0 Å². The van der Waals surface area contributed by atoms with Crippen LogP contribution in [0.15, 0.2) is 36.4 Å². The van der Waals surface area contributed by atoms with Crippen LogP contribution in [0.2, 0.25) is 5.02 Å². The van der Waals surface area contributed by atoms with Gasteiger partial charge in [0, 0.05) is 61.5 Å². The fraction of sp³-hybridized carbons (Fsp3) is 0.364. The second-order valence-corrected chi connectivity index (χ2v) is 8.22. The summed E-state index contributed by atoms with van der Waals surface area (Å²) in [4.78, 5) is 30.8. The van der Waals surface area contributed by atoms with Gasteiger partial charge in [-0.2, -0.15) is 0 Å². The van der Waals surface area contributed by atoms with E-state index in [1.54, 1.807) is 29.2 Å². The molecule has 2 aliphatic heterocycles. The summed E-state index contributed by atoms with van der Waals surface area (Å²) >= 11 is 5.88. The molecule has 2 saturated heterocycles. The first-order valence-corrected chi connectivity index (χ1v) is 10.4. The Balaban J connectivity index is 1.33. The average Bonchev–Trinajstić information content (AvgIpc) is 3.27. The van der Waals surface area contributed by atoms with Crippen LogP contribution in [0.3, 0.4) is 0 Å². The van der Waals surface area contributed by atoms with Crippen LogP contribution in [-0.2, 0) is 0 Å². The van der Waals surface area contributed by atoms with Gasteiger partial charge in [0.1, 0.15) is 0 Å². The Hall–Kier alpha value is -2.58. The summed E-state index contributed by atoms with van der Waals surface area (Å²) < 4.78 is 40.1. The van der Waals surface area contributed by atoms with E-state index < -0.39 is 23.4 Å². The van der Waals surface area contributed by atoms with Gasteiger partial charge in [-0.05, 0) is 42.8 Å². The summed E-state index contributed by atoms with van der Waals surface area (Å²) in [6.45, 7) is 3.36. The number of carbonyl (C=O) groups excluding carboxylic acids is 2. The highest BCUT2D eigenvalue weighted by atomic mass is 35.5. The first kappa shape index (κ1) is 21.6. The number of amides is 2. The number of halogens is 4. The quantitative estimate of drug-likeness (QED) is 0.672. The molecule has 2 heterocycles. The molecule has 0 spiro atoms. The highest BCUT2D eigenvalue weighted by molar-refractivity contribution is 6.30. The number of carbonyl (C=O) groups is 2. The molecule has 5 nitrogen and oxygen atoms in total. The normalized spacial score (nSPS) is 19.7. The predicted molar refractivity (Wildman–Crippen MR) is 110 cm³/mol. The molecule has 2 amide bonds. The van der Waals surface area contributed by atoms with Crippen LogP contribution in [0.25, 0.3) is 0 Å². The Bertz CT molecular complexity index is 971. The van der Waals surface area contributed by atoms with E-state index >= 15 is 0 Å². The number of hydrogen-bond acceptors (Lipinski definition) is 3. The van der Waals surface area contributed by atoms with Crippen molar-refractivity contribution in [1.29, 1.82) is 0 Å². The van der Waals surface area contributed by atoms with Crippen LogP contribution in [0.4, 0.5) is 13.2 Å². The Morgan fingerprint density at radius 1 is 0.806 bits per heavy atom. The van der Waals surface area contributed by atoms with Gasteiger partial charge in [0.25, 0.3) is 11.8 Å². The van der Waals surface area contributed by atoms with E-state index in [0.29, 0.717) is 49.9 Å². The molecule has 9 heteroatoms. The van der Waals surface area contributed by atoms with Gasteiger partial charge in [-0.3, -0.25) is 14.5 Å². The Kier molecular flexibility index (Phi) is 6.20. The molecule has 31 heavy (non-hydrogen) atoms. The van der Waals surface area contributed by atoms with Crippen molar-refractivity contribution in [2.75, 3.05) is 39.3 Å². The molecule has 0 aliphatic carbocycles. The maximum atomic E-state index is 13.5. The van der Waals surface area contributed by atoms with Crippen LogP contribution in [0.5, 0.6) is 0 Å². The van der Waals surface area contributed by atoms with E-state index in [4.69, 9.17) is 11.6 Å². The third kappa shape index (κ3) is 4.55. The van der Waals surface area contributed by atoms with E-state index in [1.165, 1.54) is 4.90 Å². The van der Waals surface area contributed by atoms with Crippen molar-refractivity contribution in [3.05, 3.63) is 70.0 Å². The molecule has 0 aromatic heterocycles. The van der Waals surface area contributed by atoms with Crippen molar-refractivity contribution >= 4 is 23.4 Å². The van der Waals surface area contributed by atoms with Gasteiger partial charge in [0.15, 0.2) is 17.5 Å². The zero-order valence-corrected chi connectivity index (χ0v) is 17.4. The molecule has 0 radical (unpaired) electrons. The first-order valence-electron chi connectivity index (χ1n) is 10.1. The van der Waals surface area contributed by atoms with E-state index in [2.05, 4.69) is 4.90 Å². The topological polar surface area (TPSA) is 43.9 Å². The van der Waals surface area contributed by atoms with Crippen molar-refractivity contribution in [2.24, 2.45) is 0 Å². The lowest BCUT2D eigenvalue weighted by atomic mass is 10.1. The lowest BCUT2D eigenvalue weighted by Gasteiger charge is -2.38. The van der Waals surface area contributed by atoms with Crippen LogP contribution in [-0.4, -0.2) is 71.8 Å². The molecular weight excluding hydrogens is 431 g/mol. The molecular formula is C22H21ClF3N3O2. The molecule has 164 valence electrons. The summed E-state index contributed by atoms with van der Waals surface area (Å²) in [6, 6.07) is 8.36. The highest BCUT2D eigenvalue weighted by Gasteiger charge is 2.33. The molecule has 2 aliphatic rings. The first-order chi connectivity index (χ1) is 14.8. The minimum absolute atomic E-state index is 0.0418. The van der Waals surface area contributed by atoms with Gasteiger partial charge in [-0.25, -0.2) is 13.2 Å². The fourth-order valence-corrected chi connectivity index (χ4v) is 4.28. The lowest BCUT2D eigenvalue weighted by molar-refractivity contribution is 0.0568. The van der Waals surface area contributed by atoms with Gasteiger partial charge in [0.2, 0.25) is 0 Å². The third-order valence-electron chi connectivity index (χ3n) is 5.89. The fourth-order valence-electron chi connectivity index (χ4n) is 4.15. The van der Waals surface area contributed by atoms with E-state index in [9.17, 15) is 22.8 Å². The largest absolute Gasteiger partial charge is 0.337 e. The molecule has 2 aromatic carbocycles. The minimum atomic E-state index is -1.58. The molecule has 0 bridgehead atoms. The van der Waals surface area contributed by atoms with Gasteiger partial charge < -0.3 is 9.80 Å². The SMILES string of the molecule is O=C(c1ccc(Cl)cc1)N1CCN([C@H]2CCN(C(=O)c3cc(F)c(F)c(F)c3)C2)CC1. The zero-order chi connectivity index (χ0) is 22.1. The summed E-state index contributed by atoms with van der Waals surface area (Å²) in [6.07, 6.45) is 0.725. The van der Waals surface area contributed by atoms with Crippen molar-refractivity contribution in [1.82, 2.24) is 14.7 Å². The van der Waals surface area contributed by atoms with Gasteiger partial charge >= 0.3 is 0 Å². The highest BCUT2D eigenvalue weighted by Crippen LogP contribution is 2.22. The monoisotopic (exact) mass is 451 g/mol. The molecule has 0 saturated carbocycles. The Morgan fingerprint density at radius 3 is 2.00 bits per heavy atom. The Morgan fingerprint density at radius 2 is 1.39 bits per heavy atom. The number of likely N-dealkylation sites (tertiary alicyclic amines) is 1. The van der Waals surface area contributed by atoms with Crippen LogP contribution in [0.1, 0.15) is 27.1 Å². The molecule has 1 atom stereocenters. The molecule has 2 aromatic rings. The third-order valence-corrected chi connectivity index (χ3v) is 6.14. The number of nitrogens with zero attached hydrogens (tertiary/aromatic N) is 3. The molecule has 4 rings (SSSR count).